The quantitative estimate of drug-likeness (QED) is 0.390. The van der Waals surface area contributed by atoms with Crippen LogP contribution >= 0.6 is 0 Å². The Morgan fingerprint density at radius 2 is 2.00 bits per heavy atom. The summed E-state index contributed by atoms with van der Waals surface area (Å²) < 4.78 is 0. The number of carboxylic acids is 1. The van der Waals surface area contributed by atoms with Gasteiger partial charge in [-0.1, -0.05) is 6.42 Å². The molecule has 0 aromatic carbocycles. The molecule has 11 heavy (non-hydrogen) atoms. The maximum absolute atomic E-state index is 9.00. The van der Waals surface area contributed by atoms with E-state index in [2.05, 4.69) is 0 Å². The van der Waals surface area contributed by atoms with Gasteiger partial charge >= 0.3 is 0 Å². The number of nitrogens with one attached hydrogen (secondary N) is 1. The minimum Gasteiger partial charge on any atom is -0.481 e. The maximum Gasteiger partial charge on any atom is 0.300 e. The van der Waals surface area contributed by atoms with Crippen molar-refractivity contribution in [2.45, 2.75) is 26.2 Å². The van der Waals surface area contributed by atoms with Crippen molar-refractivity contribution in [2.75, 3.05) is 0 Å². The second kappa shape index (κ2) is 4.71. The Morgan fingerprint density at radius 1 is 1.64 bits per heavy atom. The van der Waals surface area contributed by atoms with Crippen LogP contribution in [0, 0.1) is 11.3 Å². The lowest BCUT2D eigenvalue weighted by Gasteiger charge is -2.23. The van der Waals surface area contributed by atoms with Gasteiger partial charge in [-0.3, -0.25) is 10.2 Å². The van der Waals surface area contributed by atoms with Crippen molar-refractivity contribution in [1.82, 2.24) is 0 Å². The zero-order valence-electron chi connectivity index (χ0n) is 6.63. The van der Waals surface area contributed by atoms with Crippen LogP contribution < -0.4 is 5.73 Å². The van der Waals surface area contributed by atoms with E-state index in [1.807, 2.05) is 0 Å². The van der Waals surface area contributed by atoms with E-state index < -0.39 is 5.97 Å². The van der Waals surface area contributed by atoms with E-state index >= 15 is 0 Å². The molecule has 0 saturated heterocycles. The Bertz CT molecular complexity index is 149. The van der Waals surface area contributed by atoms with E-state index in [4.69, 9.17) is 21.0 Å². The molecule has 0 amide bonds. The highest BCUT2D eigenvalue weighted by Crippen LogP contribution is 2.25. The lowest BCUT2D eigenvalue weighted by Crippen LogP contribution is -2.27. The van der Waals surface area contributed by atoms with Crippen LogP contribution in [-0.4, -0.2) is 16.9 Å². The molecule has 0 atom stereocenters. The van der Waals surface area contributed by atoms with Crippen molar-refractivity contribution in [3.05, 3.63) is 0 Å². The molecule has 0 aromatic rings. The number of hydrogen-bond donors (Lipinski definition) is 3. The molecule has 0 bridgehead atoms. The average Bonchev–Trinajstić information content (AvgIpc) is 1.53. The molecule has 4 nitrogen and oxygen atoms in total. The minimum absolute atomic E-state index is 0.381. The lowest BCUT2D eigenvalue weighted by atomic mass is 9.85. The van der Waals surface area contributed by atoms with Crippen LogP contribution in [0.4, 0.5) is 0 Å². The Kier molecular flexibility index (Phi) is 4.26. The molecule has 4 heteroatoms. The molecule has 0 heterocycles. The summed E-state index contributed by atoms with van der Waals surface area (Å²) in [5, 5.41) is 14.3. The van der Waals surface area contributed by atoms with Gasteiger partial charge in [-0.25, -0.2) is 0 Å². The first kappa shape index (κ1) is 9.94. The van der Waals surface area contributed by atoms with Crippen molar-refractivity contribution in [2.24, 2.45) is 11.7 Å². The second-order valence-electron chi connectivity index (χ2n) is 2.60. The van der Waals surface area contributed by atoms with Crippen molar-refractivity contribution < 1.29 is 9.90 Å². The Labute approximate surface area is 65.9 Å². The molecule has 1 aliphatic carbocycles. The molecule has 1 saturated carbocycles. The summed E-state index contributed by atoms with van der Waals surface area (Å²) in [5.74, 6) is -0.00810. The number of carbonyl (C=O) groups is 1. The van der Waals surface area contributed by atoms with Gasteiger partial charge < -0.3 is 10.8 Å². The predicted octanol–water partition coefficient (Wildman–Crippen LogP) is 0.813. The smallest absolute Gasteiger partial charge is 0.300 e. The third-order valence-corrected chi connectivity index (χ3v) is 1.54. The Balaban J connectivity index is 0.000000218. The Hall–Kier alpha value is -1.06. The summed E-state index contributed by atoms with van der Waals surface area (Å²) >= 11 is 0. The highest BCUT2D eigenvalue weighted by Gasteiger charge is 2.19. The standard InChI is InChI=1S/C5H10N2.C2H4O2/c6-5(7)4-2-1-3-4;1-2(3)4/h4H,1-3H2,(H3,6,7);1H3,(H,3,4). The highest BCUT2D eigenvalue weighted by molar-refractivity contribution is 5.80. The fourth-order valence-corrected chi connectivity index (χ4v) is 0.719. The lowest BCUT2D eigenvalue weighted by molar-refractivity contribution is -0.134. The minimum atomic E-state index is -0.833. The zero-order chi connectivity index (χ0) is 8.85. The van der Waals surface area contributed by atoms with Crippen LogP contribution in [0.2, 0.25) is 0 Å². The van der Waals surface area contributed by atoms with Gasteiger partial charge in [-0.2, -0.15) is 0 Å². The number of rotatable bonds is 1. The molecule has 0 aromatic heterocycles. The molecule has 4 N–H and O–H groups in total. The summed E-state index contributed by atoms with van der Waals surface area (Å²) in [6.45, 7) is 1.08. The van der Waals surface area contributed by atoms with Crippen LogP contribution in [0.15, 0.2) is 0 Å². The van der Waals surface area contributed by atoms with E-state index in [1.165, 1.54) is 6.42 Å². The summed E-state index contributed by atoms with van der Waals surface area (Å²) in [7, 11) is 0. The molecule has 1 fully saturated rings. The van der Waals surface area contributed by atoms with Crippen molar-refractivity contribution in [3.8, 4) is 0 Å². The molecule has 0 aliphatic heterocycles. The highest BCUT2D eigenvalue weighted by atomic mass is 16.4. The fourth-order valence-electron chi connectivity index (χ4n) is 0.719. The third-order valence-electron chi connectivity index (χ3n) is 1.54. The molecule has 0 unspecified atom stereocenters. The molecular formula is C7H14N2O2. The first-order valence-corrected chi connectivity index (χ1v) is 3.57. The fraction of sp³-hybridized carbons (Fsp3) is 0.714. The number of hydrogen-bond acceptors (Lipinski definition) is 2. The maximum atomic E-state index is 9.00. The SMILES string of the molecule is CC(=O)O.N=C(N)C1CCC1. The van der Waals surface area contributed by atoms with Crippen LogP contribution in [0.25, 0.3) is 0 Å². The molecule has 0 spiro atoms. The molecule has 1 aliphatic rings. The van der Waals surface area contributed by atoms with Gasteiger partial charge in [0.15, 0.2) is 0 Å². The van der Waals surface area contributed by atoms with E-state index in [9.17, 15) is 0 Å². The molecule has 1 rings (SSSR count). The number of carboxylic acid groups (broad SMARTS) is 1. The van der Waals surface area contributed by atoms with Gasteiger partial charge in [-0.15, -0.1) is 0 Å². The van der Waals surface area contributed by atoms with Gasteiger partial charge in [0.2, 0.25) is 0 Å². The van der Waals surface area contributed by atoms with Gasteiger partial charge in [0.1, 0.15) is 0 Å². The number of nitrogens with two attached hydrogens (primary N) is 1. The van der Waals surface area contributed by atoms with Gasteiger partial charge in [0, 0.05) is 12.8 Å². The first-order valence-electron chi connectivity index (χ1n) is 3.57. The number of amidine groups is 1. The van der Waals surface area contributed by atoms with Crippen molar-refractivity contribution in [1.29, 1.82) is 5.41 Å². The van der Waals surface area contributed by atoms with E-state index in [0.717, 1.165) is 19.8 Å². The van der Waals surface area contributed by atoms with Crippen LogP contribution in [-0.2, 0) is 4.79 Å². The predicted molar refractivity (Wildman–Crippen MR) is 42.6 cm³/mol. The normalized spacial score (nSPS) is 15.7. The van der Waals surface area contributed by atoms with Crippen LogP contribution in [0.5, 0.6) is 0 Å². The summed E-state index contributed by atoms with van der Waals surface area (Å²) in [6.07, 6.45) is 3.56. The molecule has 64 valence electrons. The van der Waals surface area contributed by atoms with Gasteiger partial charge in [0.05, 0.1) is 5.84 Å². The van der Waals surface area contributed by atoms with Crippen LogP contribution in [0.3, 0.4) is 0 Å². The van der Waals surface area contributed by atoms with Gasteiger partial charge in [-0.05, 0) is 12.8 Å². The summed E-state index contributed by atoms with van der Waals surface area (Å²) in [6, 6.07) is 0. The molecular weight excluding hydrogens is 144 g/mol. The Morgan fingerprint density at radius 3 is 2.00 bits per heavy atom. The summed E-state index contributed by atoms with van der Waals surface area (Å²) in [5.41, 5.74) is 5.18. The average molecular weight is 158 g/mol. The monoisotopic (exact) mass is 158 g/mol. The summed E-state index contributed by atoms with van der Waals surface area (Å²) in [4.78, 5) is 9.00. The van der Waals surface area contributed by atoms with E-state index in [1.54, 1.807) is 0 Å². The second-order valence-corrected chi connectivity index (χ2v) is 2.60. The van der Waals surface area contributed by atoms with Crippen molar-refractivity contribution >= 4 is 11.8 Å². The third kappa shape index (κ3) is 5.39. The van der Waals surface area contributed by atoms with Crippen molar-refractivity contribution in [3.63, 3.8) is 0 Å². The van der Waals surface area contributed by atoms with Gasteiger partial charge in [0.25, 0.3) is 5.97 Å². The van der Waals surface area contributed by atoms with E-state index in [-0.39, 0.29) is 0 Å². The topological polar surface area (TPSA) is 87.2 Å². The first-order chi connectivity index (χ1) is 5.04. The molecule has 0 radical (unpaired) electrons. The number of aliphatic carboxylic acids is 1. The van der Waals surface area contributed by atoms with E-state index in [0.29, 0.717) is 11.8 Å². The zero-order valence-corrected chi connectivity index (χ0v) is 6.63. The van der Waals surface area contributed by atoms with Crippen LogP contribution in [0.1, 0.15) is 26.2 Å². The largest absolute Gasteiger partial charge is 0.481 e.